The van der Waals surface area contributed by atoms with E-state index in [0.29, 0.717) is 22.5 Å². The van der Waals surface area contributed by atoms with E-state index < -0.39 is 22.0 Å². The average Bonchev–Trinajstić information content (AvgIpc) is 3.15. The minimum absolute atomic E-state index is 0.0520. The summed E-state index contributed by atoms with van der Waals surface area (Å²) in [5.74, 6) is -0.0623. The van der Waals surface area contributed by atoms with E-state index in [2.05, 4.69) is 14.1 Å². The molecule has 1 amide bonds. The molecule has 134 valence electrons. The lowest BCUT2D eigenvalue weighted by atomic mass is 10.2. The first-order chi connectivity index (χ1) is 12.5. The Bertz CT molecular complexity index is 1100. The number of ether oxygens (including phenoxy) is 1. The maximum Gasteiger partial charge on any atom is 0.266 e. The number of hydrogen-bond donors (Lipinski definition) is 1. The lowest BCUT2D eigenvalue weighted by Crippen LogP contribution is -2.50. The molecule has 1 aliphatic rings. The van der Waals surface area contributed by atoms with Crippen LogP contribution in [-0.4, -0.2) is 42.8 Å². The third-order valence-electron chi connectivity index (χ3n) is 4.09. The fourth-order valence-electron chi connectivity index (χ4n) is 2.84. The van der Waals surface area contributed by atoms with Gasteiger partial charge in [-0.05, 0) is 24.3 Å². The molecular weight excluding hydrogens is 376 g/mol. The first-order valence-electron chi connectivity index (χ1n) is 7.73. The fraction of sp³-hybridized carbons (Fsp3) is 0.188. The van der Waals surface area contributed by atoms with Crippen LogP contribution in [-0.2, 0) is 14.8 Å². The number of nitrogens with zero attached hydrogens (tertiary/aromatic N) is 3. The summed E-state index contributed by atoms with van der Waals surface area (Å²) in [6, 6.07) is 11.5. The summed E-state index contributed by atoms with van der Waals surface area (Å²) in [5, 5.41) is 2.50. The van der Waals surface area contributed by atoms with Gasteiger partial charge in [0.05, 0.1) is 24.0 Å². The highest BCUT2D eigenvalue weighted by Gasteiger charge is 2.38. The summed E-state index contributed by atoms with van der Waals surface area (Å²) >= 11 is 0.953. The van der Waals surface area contributed by atoms with E-state index in [1.165, 1.54) is 17.4 Å². The number of rotatable bonds is 3. The second kappa shape index (κ2) is 6.22. The fourth-order valence-corrected chi connectivity index (χ4v) is 5.07. The van der Waals surface area contributed by atoms with Gasteiger partial charge in [-0.15, -0.1) is 0 Å². The molecule has 26 heavy (non-hydrogen) atoms. The summed E-state index contributed by atoms with van der Waals surface area (Å²) in [6.45, 7) is -0.132. The molecule has 3 aromatic rings. The van der Waals surface area contributed by atoms with Crippen LogP contribution < -0.4 is 14.4 Å². The van der Waals surface area contributed by atoms with Gasteiger partial charge in [0, 0.05) is 7.05 Å². The predicted molar refractivity (Wildman–Crippen MR) is 96.9 cm³/mol. The standard InChI is InChI=1S/C16H14N4O4S2/c1-17-16(21)13-9-20(11-6-2-3-7-12(11)24-13)26(22,23)14-8-4-5-10-15(14)19-25-18-10/h2-8,13H,9H2,1H3,(H,17,21). The van der Waals surface area contributed by atoms with E-state index in [-0.39, 0.29) is 11.4 Å². The molecule has 2 heterocycles. The van der Waals surface area contributed by atoms with Crippen LogP contribution in [0.25, 0.3) is 11.0 Å². The first kappa shape index (κ1) is 16.7. The molecule has 0 radical (unpaired) electrons. The number of hydrogen-bond acceptors (Lipinski definition) is 7. The van der Waals surface area contributed by atoms with Crippen molar-refractivity contribution >= 4 is 44.4 Å². The van der Waals surface area contributed by atoms with E-state index in [1.54, 1.807) is 36.4 Å². The third-order valence-corrected chi connectivity index (χ3v) is 6.44. The first-order valence-corrected chi connectivity index (χ1v) is 9.90. The summed E-state index contributed by atoms with van der Waals surface area (Å²) in [4.78, 5) is 12.1. The SMILES string of the molecule is CNC(=O)C1CN(S(=O)(=O)c2cccc3nsnc23)c2ccccc2O1. The molecule has 1 aliphatic heterocycles. The zero-order chi connectivity index (χ0) is 18.3. The second-order valence-corrected chi connectivity index (χ2v) is 7.97. The molecule has 0 aliphatic carbocycles. The second-order valence-electron chi connectivity index (χ2n) is 5.61. The van der Waals surface area contributed by atoms with Gasteiger partial charge in [0.15, 0.2) is 6.10 Å². The van der Waals surface area contributed by atoms with Gasteiger partial charge in [0.1, 0.15) is 21.7 Å². The lowest BCUT2D eigenvalue weighted by Gasteiger charge is -2.34. The van der Waals surface area contributed by atoms with Gasteiger partial charge in [-0.1, -0.05) is 18.2 Å². The molecule has 0 saturated heterocycles. The van der Waals surface area contributed by atoms with Crippen LogP contribution >= 0.6 is 11.7 Å². The molecule has 1 aromatic heterocycles. The quantitative estimate of drug-likeness (QED) is 0.725. The lowest BCUT2D eigenvalue weighted by molar-refractivity contribution is -0.127. The number of fused-ring (bicyclic) bond motifs is 2. The van der Waals surface area contributed by atoms with Gasteiger partial charge in [-0.25, -0.2) is 8.42 Å². The zero-order valence-electron chi connectivity index (χ0n) is 13.6. The minimum Gasteiger partial charge on any atom is -0.476 e. The van der Waals surface area contributed by atoms with E-state index in [0.717, 1.165) is 11.7 Å². The number of sulfonamides is 1. The highest BCUT2D eigenvalue weighted by Crippen LogP contribution is 2.37. The molecule has 10 heteroatoms. The molecule has 0 bridgehead atoms. The third kappa shape index (κ3) is 2.58. The summed E-state index contributed by atoms with van der Waals surface area (Å²) < 4.78 is 41.9. The number of anilines is 1. The van der Waals surface area contributed by atoms with Gasteiger partial charge in [0.25, 0.3) is 15.9 Å². The molecule has 4 rings (SSSR count). The van der Waals surface area contributed by atoms with E-state index in [4.69, 9.17) is 4.74 Å². The Labute approximate surface area is 153 Å². The van der Waals surface area contributed by atoms with E-state index in [1.807, 2.05) is 0 Å². The van der Waals surface area contributed by atoms with E-state index in [9.17, 15) is 13.2 Å². The molecule has 2 aromatic carbocycles. The number of amides is 1. The molecule has 8 nitrogen and oxygen atoms in total. The topological polar surface area (TPSA) is 101 Å². The Balaban J connectivity index is 1.87. The van der Waals surface area contributed by atoms with Crippen molar-refractivity contribution in [2.45, 2.75) is 11.0 Å². The highest BCUT2D eigenvalue weighted by atomic mass is 32.2. The van der Waals surface area contributed by atoms with Crippen molar-refractivity contribution < 1.29 is 17.9 Å². The molecule has 1 unspecified atom stereocenters. The summed E-state index contributed by atoms with van der Waals surface area (Å²) in [5.41, 5.74) is 1.21. The Morgan fingerprint density at radius 1 is 1.23 bits per heavy atom. The van der Waals surface area contributed by atoms with Crippen molar-refractivity contribution in [1.29, 1.82) is 0 Å². The smallest absolute Gasteiger partial charge is 0.266 e. The minimum atomic E-state index is -3.97. The van der Waals surface area contributed by atoms with Crippen LogP contribution in [0.4, 0.5) is 5.69 Å². The van der Waals surface area contributed by atoms with Crippen LogP contribution in [0.5, 0.6) is 5.75 Å². The van der Waals surface area contributed by atoms with Crippen LogP contribution in [0.3, 0.4) is 0 Å². The number of benzene rings is 2. The Morgan fingerprint density at radius 2 is 2.04 bits per heavy atom. The van der Waals surface area contributed by atoms with Gasteiger partial charge in [-0.2, -0.15) is 8.75 Å². The van der Waals surface area contributed by atoms with Crippen LogP contribution in [0.15, 0.2) is 47.4 Å². The Hall–Kier alpha value is -2.72. The number of likely N-dealkylation sites (N-methyl/N-ethyl adjacent to an activating group) is 1. The van der Waals surface area contributed by atoms with Gasteiger partial charge < -0.3 is 10.1 Å². The van der Waals surface area contributed by atoms with Gasteiger partial charge in [-0.3, -0.25) is 9.10 Å². The maximum absolute atomic E-state index is 13.4. The number of carbonyl (C=O) groups excluding carboxylic acids is 1. The molecule has 1 N–H and O–H groups in total. The number of nitrogens with one attached hydrogen (secondary N) is 1. The maximum atomic E-state index is 13.4. The molecular formula is C16H14N4O4S2. The molecule has 0 spiro atoms. The van der Waals surface area contributed by atoms with Crippen LogP contribution in [0, 0.1) is 0 Å². The van der Waals surface area contributed by atoms with Crippen LogP contribution in [0.2, 0.25) is 0 Å². The number of para-hydroxylation sites is 2. The normalized spacial score (nSPS) is 16.8. The number of carbonyl (C=O) groups is 1. The predicted octanol–water partition coefficient (Wildman–Crippen LogP) is 1.39. The van der Waals surface area contributed by atoms with Gasteiger partial charge >= 0.3 is 0 Å². The largest absolute Gasteiger partial charge is 0.476 e. The summed E-state index contributed by atoms with van der Waals surface area (Å²) in [6.07, 6.45) is -0.947. The van der Waals surface area contributed by atoms with Crippen molar-refractivity contribution in [3.8, 4) is 5.75 Å². The zero-order valence-corrected chi connectivity index (χ0v) is 15.3. The number of aromatic nitrogens is 2. The molecule has 0 fully saturated rings. The Morgan fingerprint density at radius 3 is 2.85 bits per heavy atom. The van der Waals surface area contributed by atoms with Crippen molar-refractivity contribution in [2.75, 3.05) is 17.9 Å². The Kier molecular flexibility index (Phi) is 4.00. The monoisotopic (exact) mass is 390 g/mol. The van der Waals surface area contributed by atoms with Crippen molar-refractivity contribution in [3.63, 3.8) is 0 Å². The van der Waals surface area contributed by atoms with Crippen molar-refractivity contribution in [2.24, 2.45) is 0 Å². The highest BCUT2D eigenvalue weighted by molar-refractivity contribution is 7.93. The molecule has 1 atom stereocenters. The van der Waals surface area contributed by atoms with E-state index >= 15 is 0 Å². The van der Waals surface area contributed by atoms with Crippen molar-refractivity contribution in [1.82, 2.24) is 14.1 Å². The summed E-state index contributed by atoms with van der Waals surface area (Å²) in [7, 11) is -2.49. The van der Waals surface area contributed by atoms with Crippen molar-refractivity contribution in [3.05, 3.63) is 42.5 Å². The molecule has 0 saturated carbocycles. The van der Waals surface area contributed by atoms with Gasteiger partial charge in [0.2, 0.25) is 0 Å². The van der Waals surface area contributed by atoms with Crippen LogP contribution in [0.1, 0.15) is 0 Å². The average molecular weight is 390 g/mol.